The lowest BCUT2D eigenvalue weighted by Crippen LogP contribution is -2.38. The number of nitrogens with one attached hydrogen (secondary N) is 2. The highest BCUT2D eigenvalue weighted by molar-refractivity contribution is 6.30. The summed E-state index contributed by atoms with van der Waals surface area (Å²) in [6.07, 6.45) is 2.14. The number of carbonyl (C=O) groups excluding carboxylic acids is 1. The van der Waals surface area contributed by atoms with Crippen LogP contribution < -0.4 is 10.6 Å². The zero-order valence-electron chi connectivity index (χ0n) is 15.2. The molecule has 144 valence electrons. The number of halogens is 1. The van der Waals surface area contributed by atoms with E-state index in [1.54, 1.807) is 12.1 Å². The molecule has 1 aromatic heterocycles. The highest BCUT2D eigenvalue weighted by atomic mass is 35.5. The van der Waals surface area contributed by atoms with Gasteiger partial charge in [0.1, 0.15) is 6.54 Å². The minimum atomic E-state index is 0.0470. The second-order valence-electron chi connectivity index (χ2n) is 6.16. The van der Waals surface area contributed by atoms with Gasteiger partial charge in [0, 0.05) is 30.2 Å². The van der Waals surface area contributed by atoms with Gasteiger partial charge in [-0.2, -0.15) is 4.98 Å². The van der Waals surface area contributed by atoms with Crippen molar-refractivity contribution >= 4 is 23.5 Å². The molecule has 1 aliphatic heterocycles. The Labute approximate surface area is 163 Å². The largest absolute Gasteiger partial charge is 0.357 e. The van der Waals surface area contributed by atoms with Gasteiger partial charge in [0.05, 0.1) is 6.54 Å². The number of benzene rings is 1. The van der Waals surface area contributed by atoms with Crippen molar-refractivity contribution in [2.75, 3.05) is 26.2 Å². The summed E-state index contributed by atoms with van der Waals surface area (Å²) in [5.41, 5.74) is 0.786. The lowest BCUT2D eigenvalue weighted by Gasteiger charge is -2.14. The van der Waals surface area contributed by atoms with Gasteiger partial charge in [-0.25, -0.2) is 4.99 Å². The van der Waals surface area contributed by atoms with Crippen LogP contribution in [-0.4, -0.2) is 53.1 Å². The Morgan fingerprint density at radius 1 is 1.33 bits per heavy atom. The summed E-state index contributed by atoms with van der Waals surface area (Å²) >= 11 is 5.99. The molecule has 1 aliphatic rings. The molecule has 2 heterocycles. The summed E-state index contributed by atoms with van der Waals surface area (Å²) in [4.78, 5) is 22.7. The molecule has 0 bridgehead atoms. The van der Waals surface area contributed by atoms with E-state index >= 15 is 0 Å². The highest BCUT2D eigenvalue weighted by Crippen LogP contribution is 2.19. The maximum atomic E-state index is 12.1. The van der Waals surface area contributed by atoms with E-state index in [0.717, 1.165) is 31.5 Å². The van der Waals surface area contributed by atoms with Crippen LogP contribution in [0.2, 0.25) is 5.02 Å². The molecular formula is C18H23ClN6O2. The third-order valence-corrected chi connectivity index (χ3v) is 4.37. The molecule has 9 heteroatoms. The van der Waals surface area contributed by atoms with E-state index in [1.807, 2.05) is 24.0 Å². The number of rotatable bonds is 6. The quantitative estimate of drug-likeness (QED) is 0.579. The Kier molecular flexibility index (Phi) is 6.64. The number of guanidine groups is 1. The minimum Gasteiger partial charge on any atom is -0.357 e. The van der Waals surface area contributed by atoms with Crippen molar-refractivity contribution in [2.45, 2.75) is 26.3 Å². The van der Waals surface area contributed by atoms with Crippen molar-refractivity contribution in [1.82, 2.24) is 25.7 Å². The van der Waals surface area contributed by atoms with Gasteiger partial charge >= 0.3 is 0 Å². The van der Waals surface area contributed by atoms with Crippen molar-refractivity contribution in [3.8, 4) is 11.4 Å². The Morgan fingerprint density at radius 3 is 2.89 bits per heavy atom. The summed E-state index contributed by atoms with van der Waals surface area (Å²) in [5.74, 6) is 1.47. The molecule has 0 radical (unpaired) electrons. The average Bonchev–Trinajstić information content (AvgIpc) is 3.36. The molecule has 1 aromatic carbocycles. The lowest BCUT2D eigenvalue weighted by atomic mass is 10.2. The first-order valence-electron chi connectivity index (χ1n) is 9.04. The third-order valence-electron chi connectivity index (χ3n) is 4.13. The van der Waals surface area contributed by atoms with Gasteiger partial charge in [-0.15, -0.1) is 0 Å². The summed E-state index contributed by atoms with van der Waals surface area (Å²) in [7, 11) is 0. The maximum Gasteiger partial charge on any atom is 0.246 e. The van der Waals surface area contributed by atoms with Crippen LogP contribution in [0.4, 0.5) is 0 Å². The number of likely N-dealkylation sites (tertiary alicyclic amines) is 1. The molecular weight excluding hydrogens is 368 g/mol. The molecule has 3 rings (SSSR count). The standard InChI is InChI=1S/C18H23ClN6O2/c1-2-20-18(22-12-16(26)25-8-3-4-9-25)21-11-15-23-17(24-27-15)13-6-5-7-14(19)10-13/h5-7,10H,2-4,8-9,11-12H2,1H3,(H2,20,21,22). The minimum absolute atomic E-state index is 0.0470. The summed E-state index contributed by atoms with van der Waals surface area (Å²) in [6.45, 7) is 4.72. The van der Waals surface area contributed by atoms with Crippen molar-refractivity contribution < 1.29 is 9.32 Å². The van der Waals surface area contributed by atoms with Gasteiger partial charge in [-0.1, -0.05) is 28.9 Å². The second kappa shape index (κ2) is 9.36. The Morgan fingerprint density at radius 2 is 2.15 bits per heavy atom. The fourth-order valence-electron chi connectivity index (χ4n) is 2.79. The van der Waals surface area contributed by atoms with Crippen molar-refractivity contribution in [3.63, 3.8) is 0 Å². The molecule has 0 spiro atoms. The number of aromatic nitrogens is 2. The zero-order valence-corrected chi connectivity index (χ0v) is 16.0. The van der Waals surface area contributed by atoms with E-state index in [2.05, 4.69) is 25.8 Å². The maximum absolute atomic E-state index is 12.1. The number of carbonyl (C=O) groups is 1. The predicted molar refractivity (Wildman–Crippen MR) is 103 cm³/mol. The average molecular weight is 391 g/mol. The van der Waals surface area contributed by atoms with Gasteiger partial charge in [0.2, 0.25) is 17.6 Å². The molecule has 1 saturated heterocycles. The van der Waals surface area contributed by atoms with Crippen molar-refractivity contribution in [2.24, 2.45) is 4.99 Å². The molecule has 27 heavy (non-hydrogen) atoms. The van der Waals surface area contributed by atoms with Crippen molar-refractivity contribution in [1.29, 1.82) is 0 Å². The van der Waals surface area contributed by atoms with E-state index < -0.39 is 0 Å². The summed E-state index contributed by atoms with van der Waals surface area (Å²) in [6, 6.07) is 7.26. The third kappa shape index (κ3) is 5.43. The second-order valence-corrected chi connectivity index (χ2v) is 6.60. The number of aliphatic imine (C=N–C) groups is 1. The molecule has 0 atom stereocenters. The number of nitrogens with zero attached hydrogens (tertiary/aromatic N) is 4. The van der Waals surface area contributed by atoms with Gasteiger partial charge in [0.25, 0.3) is 0 Å². The topological polar surface area (TPSA) is 95.7 Å². The van der Waals surface area contributed by atoms with Crippen LogP contribution in [0.25, 0.3) is 11.4 Å². The number of amides is 1. The molecule has 0 saturated carbocycles. The van der Waals surface area contributed by atoms with Gasteiger partial charge < -0.3 is 20.1 Å². The molecule has 1 fully saturated rings. The number of hydrogen-bond acceptors (Lipinski definition) is 5. The van der Waals surface area contributed by atoms with Crippen LogP contribution in [0.3, 0.4) is 0 Å². The molecule has 2 aromatic rings. The molecule has 8 nitrogen and oxygen atoms in total. The van der Waals surface area contributed by atoms with Crippen molar-refractivity contribution in [3.05, 3.63) is 35.2 Å². The van der Waals surface area contributed by atoms with E-state index in [9.17, 15) is 4.79 Å². The van der Waals surface area contributed by atoms with Crippen LogP contribution in [0, 0.1) is 0 Å². The van der Waals surface area contributed by atoms with Crippen LogP contribution in [-0.2, 0) is 11.3 Å². The Balaban J connectivity index is 1.57. The van der Waals surface area contributed by atoms with E-state index in [4.69, 9.17) is 16.1 Å². The Bertz CT molecular complexity index is 801. The van der Waals surface area contributed by atoms with Crippen LogP contribution in [0.15, 0.2) is 33.8 Å². The van der Waals surface area contributed by atoms with Gasteiger partial charge in [0.15, 0.2) is 5.96 Å². The first-order valence-corrected chi connectivity index (χ1v) is 9.42. The first kappa shape index (κ1) is 19.2. The SMILES string of the molecule is CCNC(=NCC(=O)N1CCCC1)NCc1nc(-c2cccc(Cl)c2)no1. The fourth-order valence-corrected chi connectivity index (χ4v) is 2.98. The normalized spacial score (nSPS) is 14.4. The molecule has 2 N–H and O–H groups in total. The van der Waals surface area contributed by atoms with E-state index in [0.29, 0.717) is 35.8 Å². The number of hydrogen-bond donors (Lipinski definition) is 2. The monoisotopic (exact) mass is 390 g/mol. The molecule has 0 unspecified atom stereocenters. The first-order chi connectivity index (χ1) is 13.2. The van der Waals surface area contributed by atoms with Crippen LogP contribution in [0.5, 0.6) is 0 Å². The summed E-state index contributed by atoms with van der Waals surface area (Å²) < 4.78 is 5.27. The van der Waals surface area contributed by atoms with E-state index in [-0.39, 0.29) is 12.5 Å². The van der Waals surface area contributed by atoms with Gasteiger partial charge in [-0.05, 0) is 31.9 Å². The van der Waals surface area contributed by atoms with Crippen LogP contribution in [0.1, 0.15) is 25.7 Å². The highest BCUT2D eigenvalue weighted by Gasteiger charge is 2.17. The summed E-state index contributed by atoms with van der Waals surface area (Å²) in [5, 5.41) is 10.8. The van der Waals surface area contributed by atoms with Gasteiger partial charge in [-0.3, -0.25) is 4.79 Å². The van der Waals surface area contributed by atoms with E-state index in [1.165, 1.54) is 0 Å². The fraction of sp³-hybridized carbons (Fsp3) is 0.444. The van der Waals surface area contributed by atoms with Crippen LogP contribution >= 0.6 is 11.6 Å². The lowest BCUT2D eigenvalue weighted by molar-refractivity contribution is -0.128. The smallest absolute Gasteiger partial charge is 0.246 e. The Hall–Kier alpha value is -2.61. The predicted octanol–water partition coefficient (Wildman–Crippen LogP) is 2.07. The molecule has 0 aliphatic carbocycles. The zero-order chi connectivity index (χ0) is 19.1. The molecule has 1 amide bonds.